The van der Waals surface area contributed by atoms with Crippen molar-refractivity contribution in [2.45, 2.75) is 25.3 Å². The first-order chi connectivity index (χ1) is 9.07. The molecule has 1 heterocycles. The molecule has 4 heteroatoms. The summed E-state index contributed by atoms with van der Waals surface area (Å²) in [7, 11) is 0. The molecule has 1 unspecified atom stereocenters. The first-order valence-corrected chi connectivity index (χ1v) is 6.28. The van der Waals surface area contributed by atoms with Crippen LogP contribution in [0.2, 0.25) is 0 Å². The van der Waals surface area contributed by atoms with Gasteiger partial charge in [0.1, 0.15) is 0 Å². The van der Waals surface area contributed by atoms with Gasteiger partial charge in [0.2, 0.25) is 0 Å². The maximum atomic E-state index is 6.04. The molecule has 2 rings (SSSR count). The van der Waals surface area contributed by atoms with Gasteiger partial charge in [0.25, 0.3) is 0 Å². The van der Waals surface area contributed by atoms with E-state index in [2.05, 4.69) is 36.4 Å². The molecule has 0 aliphatic heterocycles. The second-order valence-corrected chi connectivity index (χ2v) is 5.19. The van der Waals surface area contributed by atoms with Crippen molar-refractivity contribution in [1.82, 2.24) is 10.4 Å². The van der Waals surface area contributed by atoms with Crippen molar-refractivity contribution in [3.05, 3.63) is 59.9 Å². The van der Waals surface area contributed by atoms with E-state index in [1.165, 1.54) is 5.56 Å². The first-order valence-electron chi connectivity index (χ1n) is 6.28. The molecule has 1 aromatic carbocycles. The number of nitrogens with two attached hydrogens (primary N) is 2. The molecule has 4 nitrogen and oxygen atoms in total. The average Bonchev–Trinajstić information content (AvgIpc) is 2.42. The number of nitrogens with one attached hydrogen (secondary N) is 1. The Morgan fingerprint density at radius 2 is 1.84 bits per heavy atom. The molecule has 0 aliphatic carbocycles. The van der Waals surface area contributed by atoms with Crippen molar-refractivity contribution in [1.29, 1.82) is 0 Å². The number of benzene rings is 1. The van der Waals surface area contributed by atoms with Crippen molar-refractivity contribution >= 4 is 5.69 Å². The van der Waals surface area contributed by atoms with E-state index in [9.17, 15) is 0 Å². The number of aromatic nitrogens is 1. The van der Waals surface area contributed by atoms with Gasteiger partial charge in [0.15, 0.2) is 0 Å². The Morgan fingerprint density at radius 1 is 1.16 bits per heavy atom. The molecule has 1 aromatic heterocycles. The SMILES string of the molecule is CC(C)(c1ccccc1)C(NN)c1cnccc1N. The van der Waals surface area contributed by atoms with Crippen molar-refractivity contribution in [3.8, 4) is 0 Å². The summed E-state index contributed by atoms with van der Waals surface area (Å²) in [6.07, 6.45) is 3.45. The zero-order chi connectivity index (χ0) is 13.9. The topological polar surface area (TPSA) is 77.0 Å². The lowest BCUT2D eigenvalue weighted by atomic mass is 9.75. The Balaban J connectivity index is 2.45. The zero-order valence-electron chi connectivity index (χ0n) is 11.3. The summed E-state index contributed by atoms with van der Waals surface area (Å²) in [6.45, 7) is 4.28. The summed E-state index contributed by atoms with van der Waals surface area (Å²) >= 11 is 0. The fourth-order valence-electron chi connectivity index (χ4n) is 2.38. The highest BCUT2D eigenvalue weighted by atomic mass is 15.2. The Hall–Kier alpha value is -1.91. The second-order valence-electron chi connectivity index (χ2n) is 5.19. The monoisotopic (exact) mass is 256 g/mol. The van der Waals surface area contributed by atoms with Gasteiger partial charge in [0.05, 0.1) is 6.04 Å². The summed E-state index contributed by atoms with van der Waals surface area (Å²) in [4.78, 5) is 4.15. The molecule has 0 fully saturated rings. The molecule has 0 aliphatic rings. The fraction of sp³-hybridized carbons (Fsp3) is 0.267. The van der Waals surface area contributed by atoms with Crippen LogP contribution in [0.1, 0.15) is 31.0 Å². The van der Waals surface area contributed by atoms with Gasteiger partial charge in [-0.15, -0.1) is 0 Å². The smallest absolute Gasteiger partial charge is 0.0586 e. The van der Waals surface area contributed by atoms with Crippen LogP contribution < -0.4 is 17.0 Å². The van der Waals surface area contributed by atoms with E-state index in [0.717, 1.165) is 5.56 Å². The maximum Gasteiger partial charge on any atom is 0.0586 e. The van der Waals surface area contributed by atoms with E-state index in [1.807, 2.05) is 18.2 Å². The van der Waals surface area contributed by atoms with E-state index in [1.54, 1.807) is 18.5 Å². The molecule has 19 heavy (non-hydrogen) atoms. The van der Waals surface area contributed by atoms with Crippen molar-refractivity contribution in [2.24, 2.45) is 5.84 Å². The van der Waals surface area contributed by atoms with Crippen LogP contribution in [0.5, 0.6) is 0 Å². The lowest BCUT2D eigenvalue weighted by Gasteiger charge is -2.35. The fourth-order valence-corrected chi connectivity index (χ4v) is 2.38. The van der Waals surface area contributed by atoms with Crippen molar-refractivity contribution in [3.63, 3.8) is 0 Å². The summed E-state index contributed by atoms with van der Waals surface area (Å²) in [5.41, 5.74) is 11.5. The lowest BCUT2D eigenvalue weighted by Crippen LogP contribution is -2.41. The van der Waals surface area contributed by atoms with Crippen LogP contribution in [0.15, 0.2) is 48.8 Å². The van der Waals surface area contributed by atoms with Crippen molar-refractivity contribution in [2.75, 3.05) is 5.73 Å². The van der Waals surface area contributed by atoms with Gasteiger partial charge in [-0.05, 0) is 11.6 Å². The van der Waals surface area contributed by atoms with Crippen LogP contribution in [0, 0.1) is 0 Å². The summed E-state index contributed by atoms with van der Waals surface area (Å²) in [5.74, 6) is 5.76. The van der Waals surface area contributed by atoms with Crippen LogP contribution in [-0.4, -0.2) is 4.98 Å². The molecule has 1 atom stereocenters. The molecule has 0 amide bonds. The third kappa shape index (κ3) is 2.59. The summed E-state index contributed by atoms with van der Waals surface area (Å²) in [6, 6.07) is 11.9. The number of hydrazine groups is 1. The minimum atomic E-state index is -0.201. The van der Waals surface area contributed by atoms with Gasteiger partial charge >= 0.3 is 0 Å². The number of hydrogen-bond donors (Lipinski definition) is 3. The minimum absolute atomic E-state index is 0.108. The van der Waals surface area contributed by atoms with E-state index in [4.69, 9.17) is 11.6 Å². The van der Waals surface area contributed by atoms with Gasteiger partial charge in [-0.1, -0.05) is 44.2 Å². The number of anilines is 1. The van der Waals surface area contributed by atoms with Crippen LogP contribution in [0.25, 0.3) is 0 Å². The minimum Gasteiger partial charge on any atom is -0.398 e. The van der Waals surface area contributed by atoms with Crippen LogP contribution in [0.4, 0.5) is 5.69 Å². The average molecular weight is 256 g/mol. The Kier molecular flexibility index (Phi) is 3.83. The Labute approximate surface area is 113 Å². The molecule has 0 radical (unpaired) electrons. The highest BCUT2D eigenvalue weighted by Gasteiger charge is 2.33. The van der Waals surface area contributed by atoms with Crippen LogP contribution in [0.3, 0.4) is 0 Å². The molecule has 2 aromatic rings. The van der Waals surface area contributed by atoms with Gasteiger partial charge < -0.3 is 5.73 Å². The number of pyridine rings is 1. The standard InChI is InChI=1S/C15H20N4/c1-15(2,11-6-4-3-5-7-11)14(19-17)12-10-18-9-8-13(12)16/h3-10,14,19H,17H2,1-2H3,(H2,16,18). The van der Waals surface area contributed by atoms with Crippen LogP contribution in [-0.2, 0) is 5.41 Å². The zero-order valence-corrected chi connectivity index (χ0v) is 11.3. The summed E-state index contributed by atoms with van der Waals surface area (Å²) < 4.78 is 0. The number of nitrogens with zero attached hydrogens (tertiary/aromatic N) is 1. The number of hydrogen-bond acceptors (Lipinski definition) is 4. The third-order valence-electron chi connectivity index (χ3n) is 3.60. The van der Waals surface area contributed by atoms with Gasteiger partial charge in [-0.3, -0.25) is 16.3 Å². The molecule has 0 spiro atoms. The first kappa shape index (κ1) is 13.5. The molecule has 5 N–H and O–H groups in total. The predicted molar refractivity (Wildman–Crippen MR) is 78.2 cm³/mol. The number of nitrogen functional groups attached to an aromatic ring is 1. The normalized spacial score (nSPS) is 13.2. The summed E-state index contributed by atoms with van der Waals surface area (Å²) in [5, 5.41) is 0. The maximum absolute atomic E-state index is 6.04. The van der Waals surface area contributed by atoms with E-state index in [-0.39, 0.29) is 11.5 Å². The van der Waals surface area contributed by atoms with Gasteiger partial charge in [0, 0.05) is 29.1 Å². The molecule has 0 saturated heterocycles. The molecular formula is C15H20N4. The molecule has 0 bridgehead atoms. The van der Waals surface area contributed by atoms with Gasteiger partial charge in [-0.2, -0.15) is 0 Å². The molecule has 100 valence electrons. The Bertz CT molecular complexity index is 537. The Morgan fingerprint density at radius 3 is 2.42 bits per heavy atom. The van der Waals surface area contributed by atoms with E-state index in [0.29, 0.717) is 5.69 Å². The second kappa shape index (κ2) is 5.38. The quantitative estimate of drug-likeness (QED) is 0.578. The largest absolute Gasteiger partial charge is 0.398 e. The number of rotatable bonds is 4. The van der Waals surface area contributed by atoms with Crippen molar-refractivity contribution < 1.29 is 0 Å². The highest BCUT2D eigenvalue weighted by molar-refractivity contribution is 5.48. The van der Waals surface area contributed by atoms with E-state index < -0.39 is 0 Å². The predicted octanol–water partition coefficient (Wildman–Crippen LogP) is 2.15. The third-order valence-corrected chi connectivity index (χ3v) is 3.60. The molecular weight excluding hydrogens is 236 g/mol. The lowest BCUT2D eigenvalue weighted by molar-refractivity contribution is 0.353. The van der Waals surface area contributed by atoms with E-state index >= 15 is 0 Å². The molecule has 0 saturated carbocycles. The highest BCUT2D eigenvalue weighted by Crippen LogP contribution is 2.37. The van der Waals surface area contributed by atoms with Gasteiger partial charge in [-0.25, -0.2) is 0 Å². The van der Waals surface area contributed by atoms with Crippen LogP contribution >= 0.6 is 0 Å².